The number of aryl methyl sites for hydroxylation is 3. The SMILES string of the molecule is Cc1cc(O)c2nc(C)c(C)nc2c1N. The Bertz CT molecular complexity index is 549. The number of rotatable bonds is 0. The van der Waals surface area contributed by atoms with Gasteiger partial charge < -0.3 is 10.8 Å². The number of phenolic OH excluding ortho intramolecular Hbond substituents is 1. The molecule has 0 radical (unpaired) electrons. The van der Waals surface area contributed by atoms with Gasteiger partial charge >= 0.3 is 0 Å². The molecule has 4 nitrogen and oxygen atoms in total. The topological polar surface area (TPSA) is 72.0 Å². The van der Waals surface area contributed by atoms with Crippen LogP contribution in [0, 0.1) is 20.8 Å². The fourth-order valence-corrected chi connectivity index (χ4v) is 1.51. The molecular weight excluding hydrogens is 190 g/mol. The monoisotopic (exact) mass is 203 g/mol. The highest BCUT2D eigenvalue weighted by molar-refractivity contribution is 5.92. The van der Waals surface area contributed by atoms with Crippen molar-refractivity contribution in [3.8, 4) is 5.75 Å². The summed E-state index contributed by atoms with van der Waals surface area (Å²) in [6.07, 6.45) is 0. The largest absolute Gasteiger partial charge is 0.506 e. The van der Waals surface area contributed by atoms with E-state index in [1.54, 1.807) is 6.07 Å². The summed E-state index contributed by atoms with van der Waals surface area (Å²) >= 11 is 0. The second-order valence-electron chi connectivity index (χ2n) is 3.72. The van der Waals surface area contributed by atoms with Crippen LogP contribution in [0.3, 0.4) is 0 Å². The highest BCUT2D eigenvalue weighted by atomic mass is 16.3. The van der Waals surface area contributed by atoms with Gasteiger partial charge in [-0.3, -0.25) is 0 Å². The molecule has 78 valence electrons. The van der Waals surface area contributed by atoms with E-state index in [2.05, 4.69) is 9.97 Å². The molecular formula is C11H13N3O. The molecule has 0 saturated carbocycles. The van der Waals surface area contributed by atoms with Crippen LogP contribution >= 0.6 is 0 Å². The molecule has 2 rings (SSSR count). The van der Waals surface area contributed by atoms with Crippen molar-refractivity contribution in [2.75, 3.05) is 5.73 Å². The minimum absolute atomic E-state index is 0.132. The predicted molar refractivity (Wildman–Crippen MR) is 59.8 cm³/mol. The molecule has 15 heavy (non-hydrogen) atoms. The zero-order chi connectivity index (χ0) is 11.2. The maximum atomic E-state index is 9.73. The summed E-state index contributed by atoms with van der Waals surface area (Å²) in [7, 11) is 0. The summed E-state index contributed by atoms with van der Waals surface area (Å²) in [5.74, 6) is 0.132. The first-order valence-electron chi connectivity index (χ1n) is 4.73. The van der Waals surface area contributed by atoms with Gasteiger partial charge in [-0.15, -0.1) is 0 Å². The molecule has 0 aliphatic heterocycles. The second-order valence-corrected chi connectivity index (χ2v) is 3.72. The fourth-order valence-electron chi connectivity index (χ4n) is 1.51. The van der Waals surface area contributed by atoms with Gasteiger partial charge in [-0.05, 0) is 32.4 Å². The van der Waals surface area contributed by atoms with Crippen molar-refractivity contribution in [2.45, 2.75) is 20.8 Å². The lowest BCUT2D eigenvalue weighted by molar-refractivity contribution is 0.479. The molecule has 4 heteroatoms. The molecule has 1 aromatic carbocycles. The number of nitrogen functional groups attached to an aromatic ring is 1. The van der Waals surface area contributed by atoms with E-state index < -0.39 is 0 Å². The number of benzene rings is 1. The molecule has 0 bridgehead atoms. The normalized spacial score (nSPS) is 10.9. The summed E-state index contributed by atoms with van der Waals surface area (Å²) in [5.41, 5.74) is 9.98. The van der Waals surface area contributed by atoms with Gasteiger partial charge in [-0.1, -0.05) is 0 Å². The molecule has 0 aliphatic carbocycles. The maximum absolute atomic E-state index is 9.73. The lowest BCUT2D eigenvalue weighted by atomic mass is 10.1. The maximum Gasteiger partial charge on any atom is 0.143 e. The standard InChI is InChI=1S/C11H13N3O/c1-5-4-8(15)10-11(9(5)12)14-7(3)6(2)13-10/h4,15H,12H2,1-3H3. The van der Waals surface area contributed by atoms with Crippen molar-refractivity contribution in [1.29, 1.82) is 0 Å². The average Bonchev–Trinajstić information content (AvgIpc) is 2.18. The number of hydrogen-bond donors (Lipinski definition) is 2. The average molecular weight is 203 g/mol. The molecule has 0 amide bonds. The number of fused-ring (bicyclic) bond motifs is 1. The molecule has 0 fully saturated rings. The first kappa shape index (κ1) is 9.71. The van der Waals surface area contributed by atoms with Crippen molar-refractivity contribution in [2.24, 2.45) is 0 Å². The summed E-state index contributed by atoms with van der Waals surface area (Å²) in [6, 6.07) is 1.61. The molecule has 0 saturated heterocycles. The van der Waals surface area contributed by atoms with Crippen LogP contribution in [0.1, 0.15) is 17.0 Å². The third kappa shape index (κ3) is 1.38. The lowest BCUT2D eigenvalue weighted by Crippen LogP contribution is -1.99. The van der Waals surface area contributed by atoms with Gasteiger partial charge in [0.05, 0.1) is 17.1 Å². The van der Waals surface area contributed by atoms with Crippen LogP contribution < -0.4 is 5.73 Å². The van der Waals surface area contributed by atoms with Crippen molar-refractivity contribution in [3.63, 3.8) is 0 Å². The Morgan fingerprint density at radius 3 is 2.20 bits per heavy atom. The number of nitrogens with two attached hydrogens (primary N) is 1. The van der Waals surface area contributed by atoms with E-state index >= 15 is 0 Å². The van der Waals surface area contributed by atoms with Gasteiger partial charge in [0.1, 0.15) is 16.8 Å². The second kappa shape index (κ2) is 3.08. The van der Waals surface area contributed by atoms with Gasteiger partial charge in [0.2, 0.25) is 0 Å². The van der Waals surface area contributed by atoms with Crippen LogP contribution in [0.5, 0.6) is 5.75 Å². The highest BCUT2D eigenvalue weighted by Crippen LogP contribution is 2.29. The number of phenols is 1. The molecule has 2 aromatic rings. The van der Waals surface area contributed by atoms with E-state index in [9.17, 15) is 5.11 Å². The molecule has 3 N–H and O–H groups in total. The van der Waals surface area contributed by atoms with Crippen LogP contribution in [0.15, 0.2) is 6.07 Å². The quantitative estimate of drug-likeness (QED) is 0.506. The van der Waals surface area contributed by atoms with Crippen molar-refractivity contribution in [3.05, 3.63) is 23.0 Å². The molecule has 0 spiro atoms. The molecule has 1 aromatic heterocycles. The Morgan fingerprint density at radius 1 is 1.07 bits per heavy atom. The Morgan fingerprint density at radius 2 is 1.60 bits per heavy atom. The van der Waals surface area contributed by atoms with E-state index in [1.807, 2.05) is 20.8 Å². The van der Waals surface area contributed by atoms with Crippen LogP contribution in [-0.2, 0) is 0 Å². The third-order valence-electron chi connectivity index (χ3n) is 2.58. The molecule has 0 aliphatic rings. The Kier molecular flexibility index (Phi) is 2.00. The first-order chi connectivity index (χ1) is 7.00. The zero-order valence-electron chi connectivity index (χ0n) is 9.00. The van der Waals surface area contributed by atoms with Crippen LogP contribution in [0.4, 0.5) is 5.69 Å². The Labute approximate surface area is 87.8 Å². The van der Waals surface area contributed by atoms with Crippen molar-refractivity contribution in [1.82, 2.24) is 9.97 Å². The van der Waals surface area contributed by atoms with Gasteiger partial charge in [0.25, 0.3) is 0 Å². The number of aromatic hydroxyl groups is 1. The van der Waals surface area contributed by atoms with E-state index in [4.69, 9.17) is 5.73 Å². The number of nitrogens with zero attached hydrogens (tertiary/aromatic N) is 2. The predicted octanol–water partition coefficient (Wildman–Crippen LogP) is 1.84. The fraction of sp³-hybridized carbons (Fsp3) is 0.273. The third-order valence-corrected chi connectivity index (χ3v) is 2.58. The van der Waals surface area contributed by atoms with E-state index in [1.165, 1.54) is 0 Å². The minimum Gasteiger partial charge on any atom is -0.506 e. The van der Waals surface area contributed by atoms with Crippen LogP contribution in [-0.4, -0.2) is 15.1 Å². The smallest absolute Gasteiger partial charge is 0.143 e. The zero-order valence-corrected chi connectivity index (χ0v) is 9.00. The van der Waals surface area contributed by atoms with Gasteiger partial charge in [0, 0.05) is 0 Å². The Hall–Kier alpha value is -1.84. The minimum atomic E-state index is 0.132. The van der Waals surface area contributed by atoms with E-state index in [0.717, 1.165) is 17.0 Å². The summed E-state index contributed by atoms with van der Waals surface area (Å²) in [5, 5.41) is 9.73. The highest BCUT2D eigenvalue weighted by Gasteiger charge is 2.11. The van der Waals surface area contributed by atoms with Crippen molar-refractivity contribution >= 4 is 16.7 Å². The van der Waals surface area contributed by atoms with Gasteiger partial charge in [0.15, 0.2) is 0 Å². The van der Waals surface area contributed by atoms with Gasteiger partial charge in [-0.25, -0.2) is 9.97 Å². The summed E-state index contributed by atoms with van der Waals surface area (Å²) in [6.45, 7) is 5.57. The number of aromatic nitrogens is 2. The Balaban J connectivity index is 2.97. The van der Waals surface area contributed by atoms with Crippen molar-refractivity contribution < 1.29 is 5.11 Å². The number of anilines is 1. The lowest BCUT2D eigenvalue weighted by Gasteiger charge is -2.08. The number of hydrogen-bond acceptors (Lipinski definition) is 4. The molecule has 0 unspecified atom stereocenters. The molecule has 0 atom stereocenters. The molecule has 1 heterocycles. The van der Waals surface area contributed by atoms with Crippen LogP contribution in [0.2, 0.25) is 0 Å². The summed E-state index contributed by atoms with van der Waals surface area (Å²) in [4.78, 5) is 8.63. The summed E-state index contributed by atoms with van der Waals surface area (Å²) < 4.78 is 0. The van der Waals surface area contributed by atoms with Crippen LogP contribution in [0.25, 0.3) is 11.0 Å². The first-order valence-corrected chi connectivity index (χ1v) is 4.73. The van der Waals surface area contributed by atoms with E-state index in [-0.39, 0.29) is 5.75 Å². The van der Waals surface area contributed by atoms with E-state index in [0.29, 0.717) is 16.7 Å². The van der Waals surface area contributed by atoms with Gasteiger partial charge in [-0.2, -0.15) is 0 Å².